The molecule has 0 bridgehead atoms. The van der Waals surface area contributed by atoms with Crippen molar-refractivity contribution in [1.29, 1.82) is 0 Å². The van der Waals surface area contributed by atoms with Crippen LogP contribution in [0.5, 0.6) is 0 Å². The summed E-state index contributed by atoms with van der Waals surface area (Å²) in [6, 6.07) is 5.32. The van der Waals surface area contributed by atoms with Crippen molar-refractivity contribution in [1.82, 2.24) is 5.32 Å². The first kappa shape index (κ1) is 9.39. The van der Waals surface area contributed by atoms with Gasteiger partial charge < -0.3 is 10.4 Å². The van der Waals surface area contributed by atoms with Crippen molar-refractivity contribution in [3.8, 4) is 0 Å². The number of rotatable bonds is 1. The van der Waals surface area contributed by atoms with E-state index < -0.39 is 5.97 Å². The molecular weight excluding hydrogens is 206 g/mol. The predicted octanol–water partition coefficient (Wildman–Crippen LogP) is 1.12. The van der Waals surface area contributed by atoms with Crippen LogP contribution in [0.3, 0.4) is 0 Å². The summed E-state index contributed by atoms with van der Waals surface area (Å²) in [4.78, 5) is 22.3. The van der Waals surface area contributed by atoms with Gasteiger partial charge in [-0.25, -0.2) is 4.79 Å². The van der Waals surface area contributed by atoms with Gasteiger partial charge in [0, 0.05) is 6.42 Å². The average Bonchev–Trinajstić information content (AvgIpc) is 2.72. The monoisotopic (exact) mass is 217 g/mol. The van der Waals surface area contributed by atoms with E-state index >= 15 is 0 Å². The quantitative estimate of drug-likeness (QED) is 0.740. The van der Waals surface area contributed by atoms with Crippen LogP contribution in [0, 0.1) is 5.92 Å². The van der Waals surface area contributed by atoms with Crippen LogP contribution < -0.4 is 5.32 Å². The summed E-state index contributed by atoms with van der Waals surface area (Å²) in [6.07, 6.45) is 1.21. The molecule has 2 N–H and O–H groups in total. The number of amides is 1. The second kappa shape index (κ2) is 3.07. The standard InChI is InChI=1S/C12H11NO3/c14-10-5-6-4-9-7(11(6)13-10)2-1-3-8(9)12(15)16/h1-3,6,11H,4-5H2,(H,13,14)(H,15,16)/t6-,11+/m1/s1. The molecule has 1 aromatic carbocycles. The Morgan fingerprint density at radius 2 is 2.19 bits per heavy atom. The van der Waals surface area contributed by atoms with Gasteiger partial charge in [0.1, 0.15) is 0 Å². The average molecular weight is 217 g/mol. The molecule has 4 nitrogen and oxygen atoms in total. The highest BCUT2D eigenvalue weighted by Gasteiger charge is 2.41. The fourth-order valence-electron chi connectivity index (χ4n) is 2.81. The van der Waals surface area contributed by atoms with Crippen molar-refractivity contribution >= 4 is 11.9 Å². The van der Waals surface area contributed by atoms with Crippen molar-refractivity contribution in [3.63, 3.8) is 0 Å². The summed E-state index contributed by atoms with van der Waals surface area (Å²) in [5.41, 5.74) is 2.25. The van der Waals surface area contributed by atoms with Gasteiger partial charge >= 0.3 is 5.97 Å². The summed E-state index contributed by atoms with van der Waals surface area (Å²) < 4.78 is 0. The maximum absolute atomic E-state index is 11.3. The number of carboxylic acid groups (broad SMARTS) is 1. The predicted molar refractivity (Wildman–Crippen MR) is 56.1 cm³/mol. The lowest BCUT2D eigenvalue weighted by atomic mass is 10.0. The molecule has 0 saturated carbocycles. The number of hydrogen-bond acceptors (Lipinski definition) is 2. The van der Waals surface area contributed by atoms with E-state index in [0.717, 1.165) is 11.1 Å². The van der Waals surface area contributed by atoms with Crippen LogP contribution in [0.2, 0.25) is 0 Å². The zero-order valence-corrected chi connectivity index (χ0v) is 8.56. The Kier molecular flexibility index (Phi) is 1.80. The lowest BCUT2D eigenvalue weighted by Gasteiger charge is -2.09. The smallest absolute Gasteiger partial charge is 0.335 e. The number of fused-ring (bicyclic) bond motifs is 3. The lowest BCUT2D eigenvalue weighted by Crippen LogP contribution is -2.18. The number of nitrogens with one attached hydrogen (secondary N) is 1. The van der Waals surface area contributed by atoms with E-state index in [2.05, 4.69) is 5.32 Å². The second-order valence-corrected chi connectivity index (χ2v) is 4.39. The summed E-state index contributed by atoms with van der Waals surface area (Å²) in [6.45, 7) is 0. The molecule has 1 fully saturated rings. The van der Waals surface area contributed by atoms with Gasteiger partial charge in [0.15, 0.2) is 0 Å². The van der Waals surface area contributed by atoms with Crippen LogP contribution in [-0.4, -0.2) is 17.0 Å². The van der Waals surface area contributed by atoms with Gasteiger partial charge in [0.2, 0.25) is 5.91 Å². The number of hydrogen-bond donors (Lipinski definition) is 2. The van der Waals surface area contributed by atoms with Crippen molar-refractivity contribution in [2.24, 2.45) is 5.92 Å². The molecule has 2 aliphatic rings. The largest absolute Gasteiger partial charge is 0.478 e. The van der Waals surface area contributed by atoms with Gasteiger partial charge in [-0.2, -0.15) is 0 Å². The Morgan fingerprint density at radius 1 is 1.38 bits per heavy atom. The fraction of sp³-hybridized carbons (Fsp3) is 0.333. The maximum Gasteiger partial charge on any atom is 0.335 e. The zero-order valence-electron chi connectivity index (χ0n) is 8.56. The van der Waals surface area contributed by atoms with E-state index in [1.807, 2.05) is 6.07 Å². The van der Waals surface area contributed by atoms with Crippen LogP contribution in [0.1, 0.15) is 33.9 Å². The summed E-state index contributed by atoms with van der Waals surface area (Å²) in [7, 11) is 0. The van der Waals surface area contributed by atoms with Gasteiger partial charge in [0.25, 0.3) is 0 Å². The molecule has 4 heteroatoms. The van der Waals surface area contributed by atoms with E-state index in [-0.39, 0.29) is 17.9 Å². The third-order valence-electron chi connectivity index (χ3n) is 3.48. The molecule has 1 aromatic rings. The highest BCUT2D eigenvalue weighted by Crippen LogP contribution is 2.42. The molecule has 1 aliphatic heterocycles. The van der Waals surface area contributed by atoms with Crippen molar-refractivity contribution in [3.05, 3.63) is 34.9 Å². The SMILES string of the molecule is O=C1C[C@H]2Cc3c(C(=O)O)cccc3[C@H]2N1. The molecule has 0 aromatic heterocycles. The second-order valence-electron chi connectivity index (χ2n) is 4.39. The molecule has 2 atom stereocenters. The first-order valence-corrected chi connectivity index (χ1v) is 5.31. The Bertz CT molecular complexity index is 495. The molecule has 0 unspecified atom stereocenters. The van der Waals surface area contributed by atoms with Crippen molar-refractivity contribution < 1.29 is 14.7 Å². The van der Waals surface area contributed by atoms with Gasteiger partial charge in [-0.3, -0.25) is 4.79 Å². The van der Waals surface area contributed by atoms with Crippen molar-refractivity contribution in [2.45, 2.75) is 18.9 Å². The van der Waals surface area contributed by atoms with Gasteiger partial charge in [0.05, 0.1) is 11.6 Å². The molecule has 3 rings (SSSR count). The number of carbonyl (C=O) groups is 2. The van der Waals surface area contributed by atoms with Crippen molar-refractivity contribution in [2.75, 3.05) is 0 Å². The number of carboxylic acids is 1. The molecule has 0 radical (unpaired) electrons. The van der Waals surface area contributed by atoms with Gasteiger partial charge in [-0.15, -0.1) is 0 Å². The number of benzene rings is 1. The first-order valence-electron chi connectivity index (χ1n) is 5.31. The van der Waals surface area contributed by atoms with Gasteiger partial charge in [-0.05, 0) is 29.5 Å². The van der Waals surface area contributed by atoms with E-state index in [4.69, 9.17) is 5.11 Å². The Morgan fingerprint density at radius 3 is 2.94 bits per heavy atom. The van der Waals surface area contributed by atoms with E-state index in [9.17, 15) is 9.59 Å². The zero-order chi connectivity index (χ0) is 11.3. The minimum Gasteiger partial charge on any atom is -0.478 e. The third-order valence-corrected chi connectivity index (χ3v) is 3.48. The van der Waals surface area contributed by atoms with Crippen LogP contribution in [0.25, 0.3) is 0 Å². The summed E-state index contributed by atoms with van der Waals surface area (Å²) >= 11 is 0. The summed E-state index contributed by atoms with van der Waals surface area (Å²) in [5, 5.41) is 12.0. The molecule has 1 aliphatic carbocycles. The molecule has 82 valence electrons. The number of aromatic carboxylic acids is 1. The lowest BCUT2D eigenvalue weighted by molar-refractivity contribution is -0.119. The molecule has 16 heavy (non-hydrogen) atoms. The van der Waals surface area contributed by atoms with Crippen LogP contribution in [-0.2, 0) is 11.2 Å². The highest BCUT2D eigenvalue weighted by atomic mass is 16.4. The third kappa shape index (κ3) is 1.16. The number of carbonyl (C=O) groups excluding carboxylic acids is 1. The van der Waals surface area contributed by atoms with Crippen LogP contribution in [0.15, 0.2) is 18.2 Å². The topological polar surface area (TPSA) is 66.4 Å². The van der Waals surface area contributed by atoms with Gasteiger partial charge in [-0.1, -0.05) is 12.1 Å². The van der Waals surface area contributed by atoms with Crippen LogP contribution >= 0.6 is 0 Å². The Labute approximate surface area is 92.3 Å². The molecule has 1 heterocycles. The molecule has 0 spiro atoms. The Hall–Kier alpha value is -1.84. The Balaban J connectivity index is 2.09. The highest BCUT2D eigenvalue weighted by molar-refractivity contribution is 5.90. The van der Waals surface area contributed by atoms with E-state index in [1.165, 1.54) is 0 Å². The molecule has 1 amide bonds. The fourth-order valence-corrected chi connectivity index (χ4v) is 2.81. The maximum atomic E-state index is 11.3. The summed E-state index contributed by atoms with van der Waals surface area (Å²) in [5.74, 6) is -0.576. The van der Waals surface area contributed by atoms with E-state index in [0.29, 0.717) is 18.4 Å². The molecule has 1 saturated heterocycles. The first-order chi connectivity index (χ1) is 7.66. The molecular formula is C12H11NO3. The minimum atomic E-state index is -0.886. The van der Waals surface area contributed by atoms with Crippen LogP contribution in [0.4, 0.5) is 0 Å². The minimum absolute atomic E-state index is 0.0294. The van der Waals surface area contributed by atoms with E-state index in [1.54, 1.807) is 12.1 Å². The normalized spacial score (nSPS) is 26.1.